The summed E-state index contributed by atoms with van der Waals surface area (Å²) in [4.78, 5) is 33.4. The lowest BCUT2D eigenvalue weighted by Gasteiger charge is -2.34. The fraction of sp³-hybridized carbons (Fsp3) is 0.214. The Morgan fingerprint density at radius 1 is 0.800 bits per heavy atom. The number of likely N-dealkylation sites (N-methyl/N-ethyl adjacent to an activating group) is 1. The van der Waals surface area contributed by atoms with Gasteiger partial charge in [0.2, 0.25) is 0 Å². The number of rotatable bonds is 4. The van der Waals surface area contributed by atoms with Gasteiger partial charge in [-0.2, -0.15) is 0 Å². The van der Waals surface area contributed by atoms with E-state index >= 15 is 0 Å². The third-order valence-corrected chi connectivity index (χ3v) is 6.13. The largest absolute Gasteiger partial charge is 0.360 e. The van der Waals surface area contributed by atoms with E-state index in [0.717, 1.165) is 25.2 Å². The quantitative estimate of drug-likeness (QED) is 0.416. The fourth-order valence-electron chi connectivity index (χ4n) is 4.15. The number of nitrogens with one attached hydrogen (secondary N) is 1. The summed E-state index contributed by atoms with van der Waals surface area (Å²) in [5.74, 6) is -0.864. The molecular formula is C28H27F2N3O2. The summed E-state index contributed by atoms with van der Waals surface area (Å²) in [7, 11) is 0. The maximum absolute atomic E-state index is 13.2. The Balaban J connectivity index is 0.000000356. The summed E-state index contributed by atoms with van der Waals surface area (Å²) < 4.78 is 25.1. The number of aromatic amines is 1. The van der Waals surface area contributed by atoms with Gasteiger partial charge >= 0.3 is 0 Å². The van der Waals surface area contributed by atoms with Gasteiger partial charge in [0.05, 0.1) is 0 Å². The molecule has 1 amide bonds. The number of amides is 1. The van der Waals surface area contributed by atoms with Gasteiger partial charge < -0.3 is 14.8 Å². The Labute approximate surface area is 203 Å². The Morgan fingerprint density at radius 2 is 1.46 bits per heavy atom. The standard InChI is InChI=1S/C22H22FN3O2.C6H5F/c1-2-25-10-12-26(13-11-25)22(28)17-4-3-5-19-20(17)18(14-24-19)21(27)15-6-8-16(23)9-7-15;7-6-4-2-1-3-5-6/h3-9,14,24H,2,10-13H2,1H3;1-5H. The van der Waals surface area contributed by atoms with Crippen molar-refractivity contribution in [1.82, 2.24) is 14.8 Å². The first-order valence-electron chi connectivity index (χ1n) is 11.6. The van der Waals surface area contributed by atoms with Crippen LogP contribution in [0.15, 0.2) is 79.0 Å². The first-order valence-corrected chi connectivity index (χ1v) is 11.6. The van der Waals surface area contributed by atoms with Crippen molar-refractivity contribution in [2.75, 3.05) is 32.7 Å². The van der Waals surface area contributed by atoms with Gasteiger partial charge in [0.25, 0.3) is 5.91 Å². The molecule has 0 bridgehead atoms. The van der Waals surface area contributed by atoms with Crippen molar-refractivity contribution in [1.29, 1.82) is 0 Å². The van der Waals surface area contributed by atoms with Gasteiger partial charge in [-0.1, -0.05) is 31.2 Å². The van der Waals surface area contributed by atoms with Crippen LogP contribution in [-0.2, 0) is 0 Å². The van der Waals surface area contributed by atoms with E-state index in [9.17, 15) is 18.4 Å². The van der Waals surface area contributed by atoms with Crippen LogP contribution in [0, 0.1) is 11.6 Å². The predicted octanol–water partition coefficient (Wildman–Crippen LogP) is 5.14. The van der Waals surface area contributed by atoms with E-state index in [1.807, 2.05) is 17.0 Å². The molecule has 3 aromatic carbocycles. The Bertz CT molecular complexity index is 1300. The highest BCUT2D eigenvalue weighted by Gasteiger charge is 2.25. The molecule has 35 heavy (non-hydrogen) atoms. The maximum atomic E-state index is 13.2. The molecule has 1 fully saturated rings. The lowest BCUT2D eigenvalue weighted by atomic mass is 9.98. The van der Waals surface area contributed by atoms with Crippen LogP contribution in [0.1, 0.15) is 33.2 Å². The van der Waals surface area contributed by atoms with E-state index in [0.29, 0.717) is 35.2 Å². The predicted molar refractivity (Wildman–Crippen MR) is 133 cm³/mol. The minimum absolute atomic E-state index is 0.0610. The monoisotopic (exact) mass is 475 g/mol. The maximum Gasteiger partial charge on any atom is 0.254 e. The molecule has 1 saturated heterocycles. The average molecular weight is 476 g/mol. The molecule has 1 aliphatic heterocycles. The van der Waals surface area contributed by atoms with E-state index in [1.54, 1.807) is 30.5 Å². The van der Waals surface area contributed by atoms with Gasteiger partial charge in [-0.25, -0.2) is 8.78 Å². The molecule has 1 N–H and O–H groups in total. The molecule has 7 heteroatoms. The lowest BCUT2D eigenvalue weighted by molar-refractivity contribution is 0.0645. The number of carbonyl (C=O) groups excluding carboxylic acids is 2. The number of hydrogen-bond acceptors (Lipinski definition) is 3. The van der Waals surface area contributed by atoms with Crippen molar-refractivity contribution >= 4 is 22.6 Å². The minimum atomic E-state index is -0.391. The molecular weight excluding hydrogens is 448 g/mol. The van der Waals surface area contributed by atoms with Gasteiger partial charge in [-0.05, 0) is 55.1 Å². The molecule has 0 unspecified atom stereocenters. The zero-order chi connectivity index (χ0) is 24.8. The van der Waals surface area contributed by atoms with Crippen molar-refractivity contribution < 1.29 is 18.4 Å². The second-order valence-corrected chi connectivity index (χ2v) is 8.29. The third kappa shape index (κ3) is 5.63. The van der Waals surface area contributed by atoms with E-state index in [1.165, 1.54) is 36.4 Å². The smallest absolute Gasteiger partial charge is 0.254 e. The Morgan fingerprint density at radius 3 is 2.06 bits per heavy atom. The number of H-pyrrole nitrogens is 1. The van der Waals surface area contributed by atoms with Gasteiger partial charge in [0.15, 0.2) is 5.78 Å². The topological polar surface area (TPSA) is 56.4 Å². The summed E-state index contributed by atoms with van der Waals surface area (Å²) in [6.45, 7) is 6.15. The van der Waals surface area contributed by atoms with Crippen LogP contribution in [0.4, 0.5) is 8.78 Å². The zero-order valence-corrected chi connectivity index (χ0v) is 19.5. The van der Waals surface area contributed by atoms with Gasteiger partial charge in [0.1, 0.15) is 11.6 Å². The van der Waals surface area contributed by atoms with E-state index in [-0.39, 0.29) is 17.5 Å². The molecule has 0 atom stereocenters. The number of aromatic nitrogens is 1. The molecule has 5 nitrogen and oxygen atoms in total. The van der Waals surface area contributed by atoms with Crippen molar-refractivity contribution in [3.63, 3.8) is 0 Å². The second-order valence-electron chi connectivity index (χ2n) is 8.29. The molecule has 0 radical (unpaired) electrons. The first-order chi connectivity index (χ1) is 17.0. The van der Waals surface area contributed by atoms with Crippen molar-refractivity contribution in [2.24, 2.45) is 0 Å². The molecule has 0 spiro atoms. The number of hydrogen-bond donors (Lipinski definition) is 1. The number of ketones is 1. The van der Waals surface area contributed by atoms with E-state index in [2.05, 4.69) is 16.8 Å². The van der Waals surface area contributed by atoms with Crippen LogP contribution < -0.4 is 0 Å². The summed E-state index contributed by atoms with van der Waals surface area (Å²) in [5, 5.41) is 0.625. The second kappa shape index (κ2) is 11.1. The van der Waals surface area contributed by atoms with Crippen LogP contribution in [-0.4, -0.2) is 59.2 Å². The highest BCUT2D eigenvalue weighted by atomic mass is 19.1. The Hall–Kier alpha value is -3.84. The van der Waals surface area contributed by atoms with Crippen LogP contribution in [0.3, 0.4) is 0 Å². The number of benzene rings is 3. The summed E-state index contributed by atoms with van der Waals surface area (Å²) in [5.41, 5.74) is 2.08. The fourth-order valence-corrected chi connectivity index (χ4v) is 4.15. The molecule has 1 aromatic heterocycles. The number of fused-ring (bicyclic) bond motifs is 1. The van der Waals surface area contributed by atoms with Crippen LogP contribution in [0.25, 0.3) is 10.9 Å². The molecule has 5 rings (SSSR count). The Kier molecular flexibility index (Phi) is 7.67. The number of carbonyl (C=O) groups is 2. The minimum Gasteiger partial charge on any atom is -0.360 e. The highest BCUT2D eigenvalue weighted by Crippen LogP contribution is 2.26. The van der Waals surface area contributed by atoms with Gasteiger partial charge in [-0.15, -0.1) is 0 Å². The van der Waals surface area contributed by atoms with E-state index < -0.39 is 5.82 Å². The van der Waals surface area contributed by atoms with Crippen molar-refractivity contribution in [3.8, 4) is 0 Å². The zero-order valence-electron chi connectivity index (χ0n) is 19.5. The molecule has 4 aromatic rings. The molecule has 180 valence electrons. The number of halogens is 2. The van der Waals surface area contributed by atoms with Crippen molar-refractivity contribution in [3.05, 3.63) is 107 Å². The SMILES string of the molecule is CCN1CCN(C(=O)c2cccc3[nH]cc(C(=O)c4ccc(F)cc4)c23)CC1.Fc1ccccc1. The molecule has 2 heterocycles. The average Bonchev–Trinajstić information content (AvgIpc) is 3.34. The first kappa shape index (κ1) is 24.3. The highest BCUT2D eigenvalue weighted by molar-refractivity contribution is 6.20. The summed E-state index contributed by atoms with van der Waals surface area (Å²) in [6, 6.07) is 18.8. The van der Waals surface area contributed by atoms with Gasteiger partial charge in [0, 0.05) is 60.0 Å². The molecule has 0 aliphatic carbocycles. The van der Waals surface area contributed by atoms with Crippen LogP contribution in [0.2, 0.25) is 0 Å². The van der Waals surface area contributed by atoms with Crippen LogP contribution >= 0.6 is 0 Å². The van der Waals surface area contributed by atoms with Gasteiger partial charge in [-0.3, -0.25) is 9.59 Å². The lowest BCUT2D eigenvalue weighted by Crippen LogP contribution is -2.48. The third-order valence-electron chi connectivity index (χ3n) is 6.13. The normalized spacial score (nSPS) is 13.9. The van der Waals surface area contributed by atoms with Crippen LogP contribution in [0.5, 0.6) is 0 Å². The summed E-state index contributed by atoms with van der Waals surface area (Å²) >= 11 is 0. The molecule has 1 aliphatic rings. The number of piperazine rings is 1. The molecule has 0 saturated carbocycles. The summed E-state index contributed by atoms with van der Waals surface area (Å²) in [6.07, 6.45) is 1.63. The van der Waals surface area contributed by atoms with E-state index in [4.69, 9.17) is 0 Å². The number of nitrogens with zero attached hydrogens (tertiary/aromatic N) is 2. The van der Waals surface area contributed by atoms with Crippen molar-refractivity contribution in [2.45, 2.75) is 6.92 Å².